The number of rotatable bonds is 4. The topological polar surface area (TPSA) is 68.9 Å². The molecule has 128 valence electrons. The number of amides is 1. The quantitative estimate of drug-likeness (QED) is 0.938. The summed E-state index contributed by atoms with van der Waals surface area (Å²) in [7, 11) is 0. The SMILES string of the molecule is CC(C)c1ccccc1NC(=O)Cn1nc2n(c1=O)CCCCC2. The van der Waals surface area contributed by atoms with E-state index < -0.39 is 0 Å². The minimum Gasteiger partial charge on any atom is -0.324 e. The van der Waals surface area contributed by atoms with Crippen molar-refractivity contribution in [2.45, 2.75) is 58.5 Å². The van der Waals surface area contributed by atoms with E-state index in [1.807, 2.05) is 24.3 Å². The third-order valence-electron chi connectivity index (χ3n) is 4.43. The molecule has 0 radical (unpaired) electrons. The van der Waals surface area contributed by atoms with Crippen LogP contribution < -0.4 is 11.0 Å². The lowest BCUT2D eigenvalue weighted by Crippen LogP contribution is -2.30. The zero-order valence-corrected chi connectivity index (χ0v) is 14.3. The second-order valence-corrected chi connectivity index (χ2v) is 6.61. The van der Waals surface area contributed by atoms with Crippen LogP contribution in [0.3, 0.4) is 0 Å². The number of hydrogen-bond donors (Lipinski definition) is 1. The van der Waals surface area contributed by atoms with Gasteiger partial charge in [0.05, 0.1) is 0 Å². The third-order valence-corrected chi connectivity index (χ3v) is 4.43. The fraction of sp³-hybridized carbons (Fsp3) is 0.500. The predicted molar refractivity (Wildman–Crippen MR) is 93.2 cm³/mol. The smallest absolute Gasteiger partial charge is 0.324 e. The number of carbonyl (C=O) groups is 1. The number of carbonyl (C=O) groups excluding carboxylic acids is 1. The van der Waals surface area contributed by atoms with Crippen LogP contribution in [0.5, 0.6) is 0 Å². The van der Waals surface area contributed by atoms with Gasteiger partial charge in [0.15, 0.2) is 0 Å². The van der Waals surface area contributed by atoms with Crippen molar-refractivity contribution in [3.8, 4) is 0 Å². The van der Waals surface area contributed by atoms with E-state index in [1.165, 1.54) is 4.68 Å². The molecule has 0 atom stereocenters. The molecule has 0 fully saturated rings. The van der Waals surface area contributed by atoms with Gasteiger partial charge in [0.1, 0.15) is 12.4 Å². The lowest BCUT2D eigenvalue weighted by molar-refractivity contribution is -0.117. The van der Waals surface area contributed by atoms with E-state index in [1.54, 1.807) is 4.57 Å². The summed E-state index contributed by atoms with van der Waals surface area (Å²) in [6.07, 6.45) is 3.96. The van der Waals surface area contributed by atoms with E-state index in [0.717, 1.165) is 42.8 Å². The first kappa shape index (κ1) is 16.5. The number of benzene rings is 1. The Kier molecular flexibility index (Phi) is 4.83. The Morgan fingerprint density at radius 3 is 2.83 bits per heavy atom. The lowest BCUT2D eigenvalue weighted by atomic mass is 10.0. The van der Waals surface area contributed by atoms with Crippen LogP contribution in [0.25, 0.3) is 0 Å². The number of fused-ring (bicyclic) bond motifs is 1. The summed E-state index contributed by atoms with van der Waals surface area (Å²) in [5.41, 5.74) is 1.70. The van der Waals surface area contributed by atoms with Gasteiger partial charge in [0, 0.05) is 18.7 Å². The number of aryl methyl sites for hydroxylation is 1. The third kappa shape index (κ3) is 3.42. The molecule has 0 saturated carbocycles. The monoisotopic (exact) mass is 328 g/mol. The number of aromatic nitrogens is 3. The van der Waals surface area contributed by atoms with E-state index in [0.29, 0.717) is 12.5 Å². The van der Waals surface area contributed by atoms with E-state index in [2.05, 4.69) is 24.3 Å². The normalized spacial score (nSPS) is 14.3. The van der Waals surface area contributed by atoms with E-state index >= 15 is 0 Å². The molecule has 1 aliphatic heterocycles. The molecule has 0 aliphatic carbocycles. The van der Waals surface area contributed by atoms with Gasteiger partial charge < -0.3 is 5.32 Å². The summed E-state index contributed by atoms with van der Waals surface area (Å²) in [5.74, 6) is 0.888. The molecule has 2 aromatic rings. The van der Waals surface area contributed by atoms with Gasteiger partial charge in [0.25, 0.3) is 0 Å². The van der Waals surface area contributed by atoms with Crippen molar-refractivity contribution in [3.63, 3.8) is 0 Å². The summed E-state index contributed by atoms with van der Waals surface area (Å²) in [6.45, 7) is 4.82. The Morgan fingerprint density at radius 2 is 2.04 bits per heavy atom. The van der Waals surface area contributed by atoms with Gasteiger partial charge in [-0.15, -0.1) is 0 Å². The molecule has 6 heteroatoms. The summed E-state index contributed by atoms with van der Waals surface area (Å²) in [4.78, 5) is 24.8. The van der Waals surface area contributed by atoms with Gasteiger partial charge in [-0.05, 0) is 30.4 Å². The Labute approximate surface area is 141 Å². The van der Waals surface area contributed by atoms with Gasteiger partial charge in [-0.1, -0.05) is 38.5 Å². The van der Waals surface area contributed by atoms with Crippen LogP contribution in [-0.2, 0) is 24.3 Å². The van der Waals surface area contributed by atoms with Crippen molar-refractivity contribution in [3.05, 3.63) is 46.1 Å². The highest BCUT2D eigenvalue weighted by molar-refractivity contribution is 5.91. The molecule has 0 saturated heterocycles. The average molecular weight is 328 g/mol. The highest BCUT2D eigenvalue weighted by atomic mass is 16.2. The number of anilines is 1. The Morgan fingerprint density at radius 1 is 1.25 bits per heavy atom. The molecule has 6 nitrogen and oxygen atoms in total. The predicted octanol–water partition coefficient (Wildman–Crippen LogP) is 2.53. The molecule has 1 aliphatic rings. The van der Waals surface area contributed by atoms with Crippen LogP contribution in [0.4, 0.5) is 5.69 Å². The van der Waals surface area contributed by atoms with E-state index in [9.17, 15) is 9.59 Å². The van der Waals surface area contributed by atoms with Gasteiger partial charge in [0.2, 0.25) is 5.91 Å². The molecular weight excluding hydrogens is 304 g/mol. The molecule has 1 N–H and O–H groups in total. The first-order chi connectivity index (χ1) is 11.6. The Hall–Kier alpha value is -2.37. The zero-order valence-electron chi connectivity index (χ0n) is 14.3. The molecule has 0 spiro atoms. The average Bonchev–Trinajstić information content (AvgIpc) is 2.73. The first-order valence-electron chi connectivity index (χ1n) is 8.61. The molecule has 1 aromatic heterocycles. The number of nitrogens with one attached hydrogen (secondary N) is 1. The minimum absolute atomic E-state index is 0.0503. The fourth-order valence-electron chi connectivity index (χ4n) is 3.17. The first-order valence-corrected chi connectivity index (χ1v) is 8.61. The maximum Gasteiger partial charge on any atom is 0.346 e. The second-order valence-electron chi connectivity index (χ2n) is 6.61. The summed E-state index contributed by atoms with van der Waals surface area (Å²) in [6, 6.07) is 7.75. The van der Waals surface area contributed by atoms with E-state index in [4.69, 9.17) is 0 Å². The van der Waals surface area contributed by atoms with Crippen LogP contribution in [-0.4, -0.2) is 20.3 Å². The van der Waals surface area contributed by atoms with Crippen molar-refractivity contribution in [2.24, 2.45) is 0 Å². The second kappa shape index (κ2) is 7.03. The van der Waals surface area contributed by atoms with E-state index in [-0.39, 0.29) is 18.1 Å². The molecule has 24 heavy (non-hydrogen) atoms. The lowest BCUT2D eigenvalue weighted by Gasteiger charge is -2.13. The van der Waals surface area contributed by atoms with Crippen LogP contribution in [0.15, 0.2) is 29.1 Å². The molecule has 3 rings (SSSR count). The molecular formula is C18H24N4O2. The van der Waals surface area contributed by atoms with Crippen LogP contribution in [0.1, 0.15) is 50.4 Å². The zero-order chi connectivity index (χ0) is 17.1. The summed E-state index contributed by atoms with van der Waals surface area (Å²) >= 11 is 0. The highest BCUT2D eigenvalue weighted by Crippen LogP contribution is 2.23. The largest absolute Gasteiger partial charge is 0.346 e. The number of para-hydroxylation sites is 1. The maximum absolute atomic E-state index is 12.4. The standard InChI is InChI=1S/C18H24N4O2/c1-13(2)14-8-5-6-9-15(14)19-17(23)12-22-18(24)21-11-7-3-4-10-16(21)20-22/h5-6,8-9,13H,3-4,7,10-12H2,1-2H3,(H,19,23). The molecule has 0 bridgehead atoms. The van der Waals surface area contributed by atoms with Crippen molar-refractivity contribution in [1.82, 2.24) is 14.3 Å². The maximum atomic E-state index is 12.4. The van der Waals surface area contributed by atoms with Gasteiger partial charge in [-0.2, -0.15) is 5.10 Å². The number of hydrogen-bond acceptors (Lipinski definition) is 3. The van der Waals surface area contributed by atoms with Crippen molar-refractivity contribution in [1.29, 1.82) is 0 Å². The van der Waals surface area contributed by atoms with Gasteiger partial charge in [-0.3, -0.25) is 9.36 Å². The molecule has 1 amide bonds. The Balaban J connectivity index is 1.76. The van der Waals surface area contributed by atoms with Crippen LogP contribution in [0.2, 0.25) is 0 Å². The Bertz CT molecular complexity index is 789. The van der Waals surface area contributed by atoms with Gasteiger partial charge in [-0.25, -0.2) is 9.48 Å². The van der Waals surface area contributed by atoms with Crippen molar-refractivity contribution in [2.75, 3.05) is 5.32 Å². The number of nitrogens with zero attached hydrogens (tertiary/aromatic N) is 3. The molecule has 0 unspecified atom stereocenters. The summed E-state index contributed by atoms with van der Waals surface area (Å²) < 4.78 is 3.00. The van der Waals surface area contributed by atoms with Crippen molar-refractivity contribution >= 4 is 11.6 Å². The van der Waals surface area contributed by atoms with Crippen LogP contribution >= 0.6 is 0 Å². The fourth-order valence-corrected chi connectivity index (χ4v) is 3.17. The van der Waals surface area contributed by atoms with Gasteiger partial charge >= 0.3 is 5.69 Å². The molecule has 1 aromatic carbocycles. The van der Waals surface area contributed by atoms with Crippen LogP contribution in [0, 0.1) is 0 Å². The van der Waals surface area contributed by atoms with Crippen molar-refractivity contribution < 1.29 is 4.79 Å². The highest BCUT2D eigenvalue weighted by Gasteiger charge is 2.17. The minimum atomic E-state index is -0.224. The molecule has 2 heterocycles. The summed E-state index contributed by atoms with van der Waals surface area (Å²) in [5, 5.41) is 7.27.